The number of hydrogen-bond acceptors (Lipinski definition) is 5. The maximum Gasteiger partial charge on any atom is 0.317 e. The van der Waals surface area contributed by atoms with Crippen molar-refractivity contribution in [1.29, 1.82) is 0 Å². The number of halogens is 1. The van der Waals surface area contributed by atoms with Gasteiger partial charge in [0, 0.05) is 63.0 Å². The Morgan fingerprint density at radius 3 is 2.64 bits per heavy atom. The zero-order valence-electron chi connectivity index (χ0n) is 22.2. The van der Waals surface area contributed by atoms with E-state index in [4.69, 9.17) is 0 Å². The van der Waals surface area contributed by atoms with Gasteiger partial charge in [-0.2, -0.15) is 5.10 Å². The van der Waals surface area contributed by atoms with E-state index >= 15 is 4.39 Å². The molecule has 3 heterocycles. The van der Waals surface area contributed by atoms with Crippen molar-refractivity contribution in [3.8, 4) is 0 Å². The van der Waals surface area contributed by atoms with Gasteiger partial charge in [0.2, 0.25) is 0 Å². The number of urea groups is 1. The lowest BCUT2D eigenvalue weighted by molar-refractivity contribution is 0.0984. The molecule has 2 N–H and O–H groups in total. The van der Waals surface area contributed by atoms with Gasteiger partial charge in [0.15, 0.2) is 0 Å². The summed E-state index contributed by atoms with van der Waals surface area (Å²) in [7, 11) is 1.84. The highest BCUT2D eigenvalue weighted by Gasteiger charge is 2.28. The second kappa shape index (κ2) is 10.7. The van der Waals surface area contributed by atoms with Gasteiger partial charge in [-0.25, -0.2) is 9.18 Å². The van der Waals surface area contributed by atoms with E-state index in [1.54, 1.807) is 32.8 Å². The summed E-state index contributed by atoms with van der Waals surface area (Å²) in [5, 5.41) is 10.5. The quantitative estimate of drug-likeness (QED) is 0.518. The number of nitrogens with one attached hydrogen (secondary N) is 2. The van der Waals surface area contributed by atoms with Crippen molar-refractivity contribution >= 4 is 29.1 Å². The number of carbonyl (C=O) groups is 2. The number of carbonyl (C=O) groups excluding carboxylic acids is 2. The molecule has 3 aromatic rings. The molecule has 0 atom stereocenters. The van der Waals surface area contributed by atoms with Gasteiger partial charge < -0.3 is 20.4 Å². The fourth-order valence-electron chi connectivity index (χ4n) is 5.58. The molecule has 9 nitrogen and oxygen atoms in total. The minimum Gasteiger partial charge on any atom is -0.338 e. The maximum atomic E-state index is 15.1. The van der Waals surface area contributed by atoms with Crippen LogP contribution in [0.1, 0.15) is 40.7 Å². The lowest BCUT2D eigenvalue weighted by Crippen LogP contribution is -2.52. The fraction of sp³-hybridized carbons (Fsp3) is 0.414. The Morgan fingerprint density at radius 2 is 1.90 bits per heavy atom. The fourth-order valence-corrected chi connectivity index (χ4v) is 5.58. The molecule has 39 heavy (non-hydrogen) atoms. The van der Waals surface area contributed by atoms with Crippen molar-refractivity contribution in [1.82, 2.24) is 24.9 Å². The Morgan fingerprint density at radius 1 is 1.10 bits per heavy atom. The largest absolute Gasteiger partial charge is 0.338 e. The molecule has 1 saturated heterocycles. The van der Waals surface area contributed by atoms with E-state index < -0.39 is 5.82 Å². The molecule has 2 fully saturated rings. The van der Waals surface area contributed by atoms with Crippen LogP contribution in [-0.4, -0.2) is 64.2 Å². The molecule has 2 aromatic carbocycles. The zero-order valence-corrected chi connectivity index (χ0v) is 22.2. The minimum atomic E-state index is -0.519. The molecule has 3 amide bonds. The van der Waals surface area contributed by atoms with Crippen LogP contribution in [0.15, 0.2) is 48.7 Å². The summed E-state index contributed by atoms with van der Waals surface area (Å²) in [6.45, 7) is 4.62. The molecule has 1 aromatic heterocycles. The number of piperazine rings is 1. The standard InChI is InChI=1S/C29H34FN7O2/c1-34-27-23(17-32-34)19-37(26-8-3-2-7-25(26)33-27)28(38)21-9-10-22(24(30)15-21)16-31-29(39)36-13-11-35(12-14-36)18-20-5-4-6-20/h2-3,7-10,15,17,20,33H,4-6,11-14,16,18-19H2,1H3,(H,31,39). The predicted molar refractivity (Wildman–Crippen MR) is 147 cm³/mol. The zero-order chi connectivity index (χ0) is 26.9. The Balaban J connectivity index is 1.10. The van der Waals surface area contributed by atoms with Crippen LogP contribution < -0.4 is 15.5 Å². The first-order chi connectivity index (χ1) is 19.0. The molecule has 204 valence electrons. The third kappa shape index (κ3) is 5.21. The maximum absolute atomic E-state index is 15.1. The van der Waals surface area contributed by atoms with E-state index in [1.165, 1.54) is 25.3 Å². The molecule has 0 unspecified atom stereocenters. The summed E-state index contributed by atoms with van der Waals surface area (Å²) in [4.78, 5) is 32.2. The number of amides is 3. The van der Waals surface area contributed by atoms with Crippen molar-refractivity contribution in [2.24, 2.45) is 13.0 Å². The van der Waals surface area contributed by atoms with E-state index in [1.807, 2.05) is 31.3 Å². The summed E-state index contributed by atoms with van der Waals surface area (Å²) in [5.74, 6) is 0.807. The van der Waals surface area contributed by atoms with Crippen LogP contribution in [0.2, 0.25) is 0 Å². The number of fused-ring (bicyclic) bond motifs is 2. The van der Waals surface area contributed by atoms with Crippen molar-refractivity contribution in [3.05, 3.63) is 71.2 Å². The lowest BCUT2D eigenvalue weighted by atomic mass is 9.85. The summed E-state index contributed by atoms with van der Waals surface area (Å²) in [6.07, 6.45) is 5.72. The summed E-state index contributed by atoms with van der Waals surface area (Å²) < 4.78 is 16.9. The van der Waals surface area contributed by atoms with E-state index in [0.29, 0.717) is 30.9 Å². The van der Waals surface area contributed by atoms with Gasteiger partial charge >= 0.3 is 6.03 Å². The molecule has 3 aliphatic rings. The van der Waals surface area contributed by atoms with Gasteiger partial charge in [-0.15, -0.1) is 0 Å². The average molecular weight is 532 g/mol. The minimum absolute atomic E-state index is 0.0664. The molecule has 0 spiro atoms. The predicted octanol–water partition coefficient (Wildman–Crippen LogP) is 4.09. The van der Waals surface area contributed by atoms with Crippen LogP contribution in [0.25, 0.3) is 0 Å². The topological polar surface area (TPSA) is 85.7 Å². The van der Waals surface area contributed by atoms with Crippen LogP contribution in [0.3, 0.4) is 0 Å². The molecule has 10 heteroatoms. The molecule has 6 rings (SSSR count). The molecule has 1 aliphatic carbocycles. The number of benzene rings is 2. The van der Waals surface area contributed by atoms with Crippen LogP contribution >= 0.6 is 0 Å². The van der Waals surface area contributed by atoms with E-state index in [-0.39, 0.29) is 24.0 Å². The summed E-state index contributed by atoms with van der Waals surface area (Å²) in [6, 6.07) is 11.8. The number of anilines is 3. The Labute approximate surface area is 227 Å². The van der Waals surface area contributed by atoms with Gasteiger partial charge in [-0.3, -0.25) is 14.4 Å². The number of aromatic nitrogens is 2. The highest BCUT2D eigenvalue weighted by Crippen LogP contribution is 2.36. The van der Waals surface area contributed by atoms with Gasteiger partial charge in [-0.05, 0) is 43.0 Å². The van der Waals surface area contributed by atoms with Crippen LogP contribution in [-0.2, 0) is 20.1 Å². The molecule has 2 aliphatic heterocycles. The monoisotopic (exact) mass is 531 g/mol. The molecule has 0 bridgehead atoms. The summed E-state index contributed by atoms with van der Waals surface area (Å²) >= 11 is 0. The number of rotatable bonds is 5. The second-order valence-corrected chi connectivity index (χ2v) is 10.7. The van der Waals surface area contributed by atoms with Crippen molar-refractivity contribution in [2.45, 2.75) is 32.4 Å². The SMILES string of the molecule is Cn1ncc2c1Nc1ccccc1N(C(=O)c1ccc(CNC(=O)N3CCN(CC4CCC4)CC3)c(F)c1)C2. The Bertz CT molecular complexity index is 1380. The average Bonchev–Trinajstić information content (AvgIpc) is 3.17. The van der Waals surface area contributed by atoms with Gasteiger partial charge in [0.25, 0.3) is 5.91 Å². The number of aryl methyl sites for hydroxylation is 1. The highest BCUT2D eigenvalue weighted by atomic mass is 19.1. The van der Waals surface area contributed by atoms with Crippen LogP contribution in [0.4, 0.5) is 26.4 Å². The van der Waals surface area contributed by atoms with Crippen molar-refractivity contribution < 1.29 is 14.0 Å². The first kappa shape index (κ1) is 25.4. The third-order valence-corrected chi connectivity index (χ3v) is 8.17. The number of hydrogen-bond donors (Lipinski definition) is 2. The molecule has 1 saturated carbocycles. The Kier molecular flexibility index (Phi) is 6.95. The molecule has 0 radical (unpaired) electrons. The van der Waals surface area contributed by atoms with Crippen molar-refractivity contribution in [3.63, 3.8) is 0 Å². The van der Waals surface area contributed by atoms with E-state index in [9.17, 15) is 9.59 Å². The van der Waals surface area contributed by atoms with Crippen molar-refractivity contribution in [2.75, 3.05) is 42.9 Å². The number of nitrogens with zero attached hydrogens (tertiary/aromatic N) is 5. The Hall–Kier alpha value is -3.92. The highest BCUT2D eigenvalue weighted by molar-refractivity contribution is 6.08. The smallest absolute Gasteiger partial charge is 0.317 e. The van der Waals surface area contributed by atoms with Gasteiger partial charge in [0.05, 0.1) is 24.1 Å². The normalized spacial score (nSPS) is 17.5. The second-order valence-electron chi connectivity index (χ2n) is 10.7. The first-order valence-electron chi connectivity index (χ1n) is 13.7. The lowest BCUT2D eigenvalue weighted by Gasteiger charge is -2.38. The third-order valence-electron chi connectivity index (χ3n) is 8.17. The molecular weight excluding hydrogens is 497 g/mol. The van der Waals surface area contributed by atoms with Gasteiger partial charge in [-0.1, -0.05) is 24.6 Å². The van der Waals surface area contributed by atoms with E-state index in [2.05, 4.69) is 20.6 Å². The van der Waals surface area contributed by atoms with Crippen LogP contribution in [0, 0.1) is 11.7 Å². The van der Waals surface area contributed by atoms with Gasteiger partial charge in [0.1, 0.15) is 11.6 Å². The molecular formula is C29H34FN7O2. The number of para-hydroxylation sites is 2. The first-order valence-corrected chi connectivity index (χ1v) is 13.7. The van der Waals surface area contributed by atoms with E-state index in [0.717, 1.165) is 42.6 Å². The van der Waals surface area contributed by atoms with Crippen LogP contribution in [0.5, 0.6) is 0 Å². The summed E-state index contributed by atoms with van der Waals surface area (Å²) in [5.41, 5.74) is 2.94.